The summed E-state index contributed by atoms with van der Waals surface area (Å²) in [4.78, 5) is 0. The fraction of sp³-hybridized carbons (Fsp3) is 0.0312. The molecule has 304 valence electrons. The summed E-state index contributed by atoms with van der Waals surface area (Å²) in [6.45, 7) is 15.0. The molecule has 0 radical (unpaired) electrons. The summed E-state index contributed by atoms with van der Waals surface area (Å²) in [7, 11) is 0. The number of fused-ring (bicyclic) bond motifs is 17. The van der Waals surface area contributed by atoms with Gasteiger partial charge >= 0.3 is 0 Å². The molecule has 0 aliphatic heterocycles. The third-order valence-electron chi connectivity index (χ3n) is 14.5. The van der Waals surface area contributed by atoms with E-state index in [0.717, 1.165) is 44.5 Å². The molecule has 0 saturated heterocycles. The Bertz CT molecular complexity index is 3860. The topological polar surface area (TPSA) is 13.1 Å². The van der Waals surface area contributed by atoms with E-state index in [0.29, 0.717) is 0 Å². The maximum absolute atomic E-state index is 6.24. The molecular weight excluding hydrogens is 785 g/mol. The fourth-order valence-corrected chi connectivity index (χ4v) is 12.1. The molecule has 65 heavy (non-hydrogen) atoms. The number of hydrogen-bond acceptors (Lipinski definition) is 1. The largest absolute Gasteiger partial charge is 0.461 e. The first-order valence-electron chi connectivity index (χ1n) is 22.4. The molecule has 13 rings (SSSR count). The Morgan fingerprint density at radius 2 is 0.985 bits per heavy atom. The van der Waals surface area contributed by atoms with Crippen molar-refractivity contribution < 1.29 is 4.42 Å². The molecule has 0 atom stereocenters. The highest BCUT2D eigenvalue weighted by atomic mass is 16.3. The van der Waals surface area contributed by atoms with Crippen LogP contribution in [0.1, 0.15) is 44.7 Å². The monoisotopic (exact) mass is 826 g/mol. The number of allylic oxidation sites excluding steroid dienone is 2. The van der Waals surface area contributed by atoms with Crippen LogP contribution >= 0.6 is 0 Å². The Balaban J connectivity index is 1.13. The highest BCUT2D eigenvalue weighted by molar-refractivity contribution is 6.23. The van der Waals surface area contributed by atoms with Gasteiger partial charge in [-0.05, 0) is 146 Å². The van der Waals surface area contributed by atoms with Crippen LogP contribution in [-0.2, 0) is 5.41 Å². The van der Waals surface area contributed by atoms with E-state index >= 15 is 0 Å². The van der Waals surface area contributed by atoms with Crippen molar-refractivity contribution in [3.8, 4) is 44.5 Å². The first-order chi connectivity index (χ1) is 32.1. The van der Waals surface area contributed by atoms with Crippen LogP contribution in [0.5, 0.6) is 0 Å². The SMILES string of the molecule is C=C/C=C\c1c(C)oc2ccc(-c3c4ccccc4c(-c4ccc5c6c(c(C=C)c(C=C)c5c4)-c4ccc5ccccc5c4C64c5ccccc5-c5ccccc54)c4ccccc34)cc12. The van der Waals surface area contributed by atoms with Gasteiger partial charge in [0.2, 0.25) is 0 Å². The van der Waals surface area contributed by atoms with Crippen LogP contribution in [0.4, 0.5) is 0 Å². The van der Waals surface area contributed by atoms with Crippen molar-refractivity contribution >= 4 is 72.3 Å². The zero-order valence-corrected chi connectivity index (χ0v) is 36.1. The van der Waals surface area contributed by atoms with Crippen molar-refractivity contribution in [2.45, 2.75) is 12.3 Å². The Kier molecular flexibility index (Phi) is 7.96. The van der Waals surface area contributed by atoms with Crippen molar-refractivity contribution in [1.82, 2.24) is 0 Å². The number of benzene rings is 10. The Hall–Kier alpha value is -8.26. The lowest BCUT2D eigenvalue weighted by atomic mass is 9.68. The quantitative estimate of drug-likeness (QED) is 0.120. The molecule has 0 N–H and O–H groups in total. The molecular formula is C64H42O. The normalized spacial score (nSPS) is 13.2. The zero-order valence-electron chi connectivity index (χ0n) is 36.1. The van der Waals surface area contributed by atoms with Crippen LogP contribution < -0.4 is 0 Å². The number of rotatable bonds is 6. The first kappa shape index (κ1) is 37.3. The third-order valence-corrected chi connectivity index (χ3v) is 14.5. The molecule has 1 heterocycles. The lowest BCUT2D eigenvalue weighted by Crippen LogP contribution is -2.26. The summed E-state index contributed by atoms with van der Waals surface area (Å²) >= 11 is 0. The van der Waals surface area contributed by atoms with Crippen LogP contribution in [0.25, 0.3) is 117 Å². The molecule has 0 bridgehead atoms. The van der Waals surface area contributed by atoms with Gasteiger partial charge in [0.15, 0.2) is 0 Å². The summed E-state index contributed by atoms with van der Waals surface area (Å²) in [6, 6.07) is 63.4. The van der Waals surface area contributed by atoms with Crippen molar-refractivity contribution in [1.29, 1.82) is 0 Å². The van der Waals surface area contributed by atoms with Crippen LogP contribution in [0.2, 0.25) is 0 Å². The average Bonchev–Trinajstić information content (AvgIpc) is 3.96. The second kappa shape index (κ2) is 13.9. The van der Waals surface area contributed by atoms with E-state index in [-0.39, 0.29) is 0 Å². The lowest BCUT2D eigenvalue weighted by Gasteiger charge is -2.33. The Morgan fingerprint density at radius 1 is 0.431 bits per heavy atom. The average molecular weight is 827 g/mol. The first-order valence-corrected chi connectivity index (χ1v) is 22.4. The number of hydrogen-bond donors (Lipinski definition) is 0. The van der Waals surface area contributed by atoms with Gasteiger partial charge in [0.25, 0.3) is 0 Å². The predicted molar refractivity (Wildman–Crippen MR) is 278 cm³/mol. The van der Waals surface area contributed by atoms with Gasteiger partial charge in [-0.15, -0.1) is 0 Å². The maximum atomic E-state index is 6.24. The summed E-state index contributed by atoms with van der Waals surface area (Å²) in [5.41, 5.74) is 18.7. The number of furan rings is 1. The van der Waals surface area contributed by atoms with E-state index in [1.54, 1.807) is 0 Å². The second-order valence-corrected chi connectivity index (χ2v) is 17.5. The van der Waals surface area contributed by atoms with E-state index in [1.807, 2.05) is 19.1 Å². The minimum Gasteiger partial charge on any atom is -0.461 e. The summed E-state index contributed by atoms with van der Waals surface area (Å²) < 4.78 is 6.24. The molecule has 0 fully saturated rings. The Labute approximate surface area is 378 Å². The molecule has 0 unspecified atom stereocenters. The molecule has 1 heteroatoms. The standard InChI is InChI=1S/C64H42O/c1-5-8-20-44-38(4)65-58-35-32-41(37-55(44)58)60-50-26-13-11-24-48(50)59(49-25-12-14-27-51(49)60)40-31-33-52-54(36-40)42(6-2)43(7-3)61-53-34-30-39-19-9-10-21-45(39)62(53)64(63(52)61)56-28-17-15-22-46(56)47-23-16-18-29-57(47)64/h5-37H,1-3H2,4H3/b20-8-. The van der Waals surface area contributed by atoms with E-state index in [2.05, 4.69) is 208 Å². The van der Waals surface area contributed by atoms with E-state index in [9.17, 15) is 0 Å². The fourth-order valence-electron chi connectivity index (χ4n) is 12.1. The van der Waals surface area contributed by atoms with Crippen LogP contribution in [0, 0.1) is 6.92 Å². The van der Waals surface area contributed by atoms with Gasteiger partial charge in [-0.2, -0.15) is 0 Å². The van der Waals surface area contributed by atoms with E-state index in [1.165, 1.54) is 98.7 Å². The van der Waals surface area contributed by atoms with Gasteiger partial charge < -0.3 is 4.42 Å². The van der Waals surface area contributed by atoms with E-state index in [4.69, 9.17) is 4.42 Å². The molecule has 0 amide bonds. The van der Waals surface area contributed by atoms with Crippen molar-refractivity contribution in [3.63, 3.8) is 0 Å². The predicted octanol–water partition coefficient (Wildman–Crippen LogP) is 17.5. The van der Waals surface area contributed by atoms with Crippen LogP contribution in [-0.4, -0.2) is 0 Å². The molecule has 10 aromatic carbocycles. The minimum absolute atomic E-state index is 0.563. The smallest absolute Gasteiger partial charge is 0.134 e. The molecule has 2 aliphatic rings. The maximum Gasteiger partial charge on any atom is 0.134 e. The summed E-state index contributed by atoms with van der Waals surface area (Å²) in [6.07, 6.45) is 10.0. The van der Waals surface area contributed by atoms with Gasteiger partial charge in [0.1, 0.15) is 11.3 Å². The molecule has 1 nitrogen and oxygen atoms in total. The highest BCUT2D eigenvalue weighted by Crippen LogP contribution is 2.66. The highest BCUT2D eigenvalue weighted by Gasteiger charge is 2.54. The van der Waals surface area contributed by atoms with Gasteiger partial charge in [-0.1, -0.05) is 202 Å². The van der Waals surface area contributed by atoms with Gasteiger partial charge in [-0.25, -0.2) is 0 Å². The Morgan fingerprint density at radius 3 is 1.60 bits per heavy atom. The van der Waals surface area contributed by atoms with E-state index < -0.39 is 5.41 Å². The molecule has 1 spiro atoms. The number of aryl methyl sites for hydroxylation is 1. The summed E-state index contributed by atoms with van der Waals surface area (Å²) in [5.74, 6) is 0.894. The molecule has 2 aliphatic carbocycles. The van der Waals surface area contributed by atoms with Crippen LogP contribution in [0.3, 0.4) is 0 Å². The van der Waals surface area contributed by atoms with Crippen molar-refractivity contribution in [3.05, 3.63) is 246 Å². The van der Waals surface area contributed by atoms with Gasteiger partial charge in [0.05, 0.1) is 5.41 Å². The van der Waals surface area contributed by atoms with Crippen molar-refractivity contribution in [2.75, 3.05) is 0 Å². The molecule has 0 saturated carbocycles. The minimum atomic E-state index is -0.563. The molecule has 11 aromatic rings. The summed E-state index contributed by atoms with van der Waals surface area (Å²) in [5, 5.41) is 10.8. The van der Waals surface area contributed by atoms with Gasteiger partial charge in [-0.3, -0.25) is 0 Å². The third kappa shape index (κ3) is 4.87. The molecule has 1 aromatic heterocycles. The second-order valence-electron chi connectivity index (χ2n) is 17.5. The lowest BCUT2D eigenvalue weighted by molar-refractivity contribution is 0.577. The van der Waals surface area contributed by atoms with Gasteiger partial charge in [0, 0.05) is 10.9 Å². The zero-order chi connectivity index (χ0) is 43.6. The van der Waals surface area contributed by atoms with Crippen LogP contribution in [0.15, 0.2) is 206 Å². The van der Waals surface area contributed by atoms with Crippen molar-refractivity contribution in [2.24, 2.45) is 0 Å².